The highest BCUT2D eigenvalue weighted by molar-refractivity contribution is 5.27. The van der Waals surface area contributed by atoms with Crippen molar-refractivity contribution in [3.63, 3.8) is 0 Å². The van der Waals surface area contributed by atoms with Crippen molar-refractivity contribution < 1.29 is 0 Å². The van der Waals surface area contributed by atoms with Crippen LogP contribution in [0, 0.1) is 13.8 Å². The first kappa shape index (κ1) is 10.3. The molecule has 0 radical (unpaired) electrons. The molecule has 0 aromatic carbocycles. The second-order valence-corrected chi connectivity index (χ2v) is 3.73. The van der Waals surface area contributed by atoms with Gasteiger partial charge in [0.25, 0.3) is 0 Å². The smallest absolute Gasteiger partial charge is 0.0305 e. The molecule has 0 aliphatic heterocycles. The maximum Gasteiger partial charge on any atom is 0.0305 e. The van der Waals surface area contributed by atoms with Gasteiger partial charge in [0.1, 0.15) is 0 Å². The number of aromatic nitrogens is 1. The molecule has 2 N–H and O–H groups in total. The summed E-state index contributed by atoms with van der Waals surface area (Å²) >= 11 is 0. The molecule has 0 spiro atoms. The topological polar surface area (TPSA) is 30.9 Å². The molecule has 0 saturated heterocycles. The van der Waals surface area contributed by atoms with E-state index in [0.717, 1.165) is 0 Å². The predicted molar refractivity (Wildman–Crippen MR) is 56.8 cm³/mol. The summed E-state index contributed by atoms with van der Waals surface area (Å²) in [7, 11) is 0. The lowest BCUT2D eigenvalue weighted by Crippen LogP contribution is -2.08. The fraction of sp³-hybridized carbons (Fsp3) is 0.636. The predicted octanol–water partition coefficient (Wildman–Crippen LogP) is 2.53. The third-order valence-electron chi connectivity index (χ3n) is 2.84. The Kier molecular flexibility index (Phi) is 3.15. The van der Waals surface area contributed by atoms with Crippen molar-refractivity contribution >= 4 is 0 Å². The highest BCUT2D eigenvalue weighted by atomic mass is 15.0. The fourth-order valence-electron chi connectivity index (χ4n) is 1.91. The number of aryl methyl sites for hydroxylation is 1. The molecule has 1 aromatic heterocycles. The van der Waals surface area contributed by atoms with E-state index in [-0.39, 0.29) is 0 Å². The van der Waals surface area contributed by atoms with Gasteiger partial charge in [-0.2, -0.15) is 0 Å². The Bertz CT molecular complexity index is 287. The Morgan fingerprint density at radius 1 is 1.46 bits per heavy atom. The zero-order chi connectivity index (χ0) is 10.0. The fourth-order valence-corrected chi connectivity index (χ4v) is 1.91. The highest BCUT2D eigenvalue weighted by Gasteiger charge is 2.11. The van der Waals surface area contributed by atoms with Gasteiger partial charge in [0.05, 0.1) is 0 Å². The van der Waals surface area contributed by atoms with Gasteiger partial charge in [-0.05, 0) is 38.8 Å². The molecule has 1 aromatic rings. The average molecular weight is 180 g/mol. The van der Waals surface area contributed by atoms with E-state index < -0.39 is 0 Å². The highest BCUT2D eigenvalue weighted by Crippen LogP contribution is 2.21. The summed E-state index contributed by atoms with van der Waals surface area (Å²) < 4.78 is 2.38. The number of rotatable bonds is 3. The van der Waals surface area contributed by atoms with Gasteiger partial charge in [-0.15, -0.1) is 0 Å². The molecule has 1 atom stereocenters. The van der Waals surface area contributed by atoms with E-state index in [1.165, 1.54) is 23.4 Å². The van der Waals surface area contributed by atoms with Gasteiger partial charge >= 0.3 is 0 Å². The van der Waals surface area contributed by atoms with Gasteiger partial charge in [0, 0.05) is 24.0 Å². The summed E-state index contributed by atoms with van der Waals surface area (Å²) in [6.45, 7) is 9.42. The van der Waals surface area contributed by atoms with Crippen LogP contribution in [0.5, 0.6) is 0 Å². The lowest BCUT2D eigenvalue weighted by atomic mass is 10.2. The van der Waals surface area contributed by atoms with Crippen molar-refractivity contribution in [2.24, 2.45) is 5.73 Å². The molecular formula is C11H20N2. The van der Waals surface area contributed by atoms with Crippen molar-refractivity contribution in [3.05, 3.63) is 23.0 Å². The summed E-state index contributed by atoms with van der Waals surface area (Å²) in [5.41, 5.74) is 9.59. The van der Waals surface area contributed by atoms with Crippen LogP contribution >= 0.6 is 0 Å². The summed E-state index contributed by atoms with van der Waals surface area (Å²) in [6.07, 6.45) is 1.17. The first-order chi connectivity index (χ1) is 6.11. The maximum atomic E-state index is 5.66. The first-order valence-electron chi connectivity index (χ1n) is 4.99. The Hall–Kier alpha value is -0.760. The summed E-state index contributed by atoms with van der Waals surface area (Å²) in [5.74, 6) is 0. The van der Waals surface area contributed by atoms with Gasteiger partial charge in [-0.25, -0.2) is 0 Å². The molecule has 0 aliphatic carbocycles. The van der Waals surface area contributed by atoms with Crippen molar-refractivity contribution in [2.45, 2.75) is 46.7 Å². The molecule has 1 heterocycles. The second-order valence-electron chi connectivity index (χ2n) is 3.73. The monoisotopic (exact) mass is 180 g/mol. The zero-order valence-electron chi connectivity index (χ0n) is 9.09. The first-order valence-corrected chi connectivity index (χ1v) is 4.99. The van der Waals surface area contributed by atoms with Crippen LogP contribution in [-0.4, -0.2) is 4.57 Å². The average Bonchev–Trinajstić information content (AvgIpc) is 2.40. The van der Waals surface area contributed by atoms with Crippen molar-refractivity contribution in [3.8, 4) is 0 Å². The van der Waals surface area contributed by atoms with E-state index in [1.54, 1.807) is 0 Å². The molecule has 2 nitrogen and oxygen atoms in total. The molecule has 0 saturated carbocycles. The standard InChI is InChI=1S/C11H20N2/c1-5-8(2)13-9(3)6-11(7-12)10(13)4/h6,8H,5,7,12H2,1-4H3. The van der Waals surface area contributed by atoms with Gasteiger partial charge < -0.3 is 10.3 Å². The molecule has 0 bridgehead atoms. The Morgan fingerprint density at radius 2 is 2.08 bits per heavy atom. The van der Waals surface area contributed by atoms with E-state index in [2.05, 4.69) is 38.3 Å². The zero-order valence-corrected chi connectivity index (χ0v) is 9.09. The van der Waals surface area contributed by atoms with Crippen LogP contribution in [0.4, 0.5) is 0 Å². The number of hydrogen-bond acceptors (Lipinski definition) is 1. The number of nitrogens with two attached hydrogens (primary N) is 1. The quantitative estimate of drug-likeness (QED) is 0.761. The lowest BCUT2D eigenvalue weighted by Gasteiger charge is -2.16. The Morgan fingerprint density at radius 3 is 2.46 bits per heavy atom. The number of nitrogens with zero attached hydrogens (tertiary/aromatic N) is 1. The lowest BCUT2D eigenvalue weighted by molar-refractivity contribution is 0.510. The third-order valence-corrected chi connectivity index (χ3v) is 2.84. The minimum absolute atomic E-state index is 0.584. The molecule has 13 heavy (non-hydrogen) atoms. The Balaban J connectivity index is 3.12. The van der Waals surface area contributed by atoms with Crippen LogP contribution in [-0.2, 0) is 6.54 Å². The molecule has 1 rings (SSSR count). The van der Waals surface area contributed by atoms with Gasteiger partial charge in [0.15, 0.2) is 0 Å². The van der Waals surface area contributed by atoms with Crippen molar-refractivity contribution in [1.29, 1.82) is 0 Å². The SMILES string of the molecule is CCC(C)n1c(C)cc(CN)c1C. The van der Waals surface area contributed by atoms with Crippen LogP contribution < -0.4 is 5.73 Å². The molecule has 0 aliphatic rings. The summed E-state index contributed by atoms with van der Waals surface area (Å²) in [4.78, 5) is 0. The van der Waals surface area contributed by atoms with Gasteiger partial charge in [0.2, 0.25) is 0 Å². The van der Waals surface area contributed by atoms with E-state index in [4.69, 9.17) is 5.73 Å². The molecule has 2 heteroatoms. The van der Waals surface area contributed by atoms with Crippen molar-refractivity contribution in [1.82, 2.24) is 4.57 Å². The summed E-state index contributed by atoms with van der Waals surface area (Å²) in [6, 6.07) is 2.78. The third kappa shape index (κ3) is 1.78. The van der Waals surface area contributed by atoms with Gasteiger partial charge in [-0.3, -0.25) is 0 Å². The molecular weight excluding hydrogens is 160 g/mol. The van der Waals surface area contributed by atoms with Crippen LogP contribution in [0.2, 0.25) is 0 Å². The molecule has 0 amide bonds. The molecule has 1 unspecified atom stereocenters. The number of hydrogen-bond donors (Lipinski definition) is 1. The molecule has 0 fully saturated rings. The van der Waals surface area contributed by atoms with Crippen molar-refractivity contribution in [2.75, 3.05) is 0 Å². The van der Waals surface area contributed by atoms with Crippen LogP contribution in [0.25, 0.3) is 0 Å². The largest absolute Gasteiger partial charge is 0.346 e. The second kappa shape index (κ2) is 3.97. The van der Waals surface area contributed by atoms with Crippen LogP contribution in [0.3, 0.4) is 0 Å². The van der Waals surface area contributed by atoms with Crippen LogP contribution in [0.15, 0.2) is 6.07 Å². The van der Waals surface area contributed by atoms with Crippen LogP contribution in [0.1, 0.15) is 43.3 Å². The van der Waals surface area contributed by atoms with E-state index >= 15 is 0 Å². The molecule has 74 valence electrons. The van der Waals surface area contributed by atoms with Gasteiger partial charge in [-0.1, -0.05) is 6.92 Å². The minimum Gasteiger partial charge on any atom is -0.346 e. The minimum atomic E-state index is 0.584. The van der Waals surface area contributed by atoms with E-state index in [0.29, 0.717) is 12.6 Å². The maximum absolute atomic E-state index is 5.66. The van der Waals surface area contributed by atoms with E-state index in [9.17, 15) is 0 Å². The normalized spacial score (nSPS) is 13.3. The summed E-state index contributed by atoms with van der Waals surface area (Å²) in [5, 5.41) is 0. The van der Waals surface area contributed by atoms with E-state index in [1.807, 2.05) is 0 Å². The Labute approximate surface area is 80.7 Å².